The van der Waals surface area contributed by atoms with Gasteiger partial charge in [0, 0.05) is 24.2 Å². The molecule has 2 aromatic heterocycles. The molecule has 4 heterocycles. The molecule has 0 spiro atoms. The Kier molecular flexibility index (Phi) is 11.9. The first-order valence-corrected chi connectivity index (χ1v) is 18.9. The number of phenols is 1. The number of imidazole rings is 2. The average molecular weight is 770 g/mol. The summed E-state index contributed by atoms with van der Waals surface area (Å²) in [5, 5.41) is 16.6. The van der Waals surface area contributed by atoms with Crippen molar-refractivity contribution < 1.29 is 33.8 Å². The van der Waals surface area contributed by atoms with Crippen LogP contribution >= 0.6 is 0 Å². The molecule has 0 saturated carbocycles. The second-order valence-electron chi connectivity index (χ2n) is 15.0. The van der Waals surface area contributed by atoms with E-state index in [1.807, 2.05) is 58.0 Å². The molecule has 0 bridgehead atoms. The molecular formula is C40H51N9O7. The molecule has 4 amide bonds. The van der Waals surface area contributed by atoms with Crippen molar-refractivity contribution in [2.45, 2.75) is 77.5 Å². The minimum Gasteiger partial charge on any atom is -0.505 e. The number of nitrogens with zero attached hydrogens (tertiary/aromatic N) is 4. The third-order valence-electron chi connectivity index (χ3n) is 10.7. The zero-order valence-electron chi connectivity index (χ0n) is 32.6. The first-order chi connectivity index (χ1) is 26.8. The second-order valence-corrected chi connectivity index (χ2v) is 15.0. The van der Waals surface area contributed by atoms with Crippen molar-refractivity contribution in [2.24, 2.45) is 11.8 Å². The van der Waals surface area contributed by atoms with Crippen LogP contribution in [0.4, 0.5) is 15.3 Å². The van der Waals surface area contributed by atoms with Gasteiger partial charge in [0.25, 0.3) is 0 Å². The molecule has 2 aromatic carbocycles. The number of alkyl carbamates (subject to hydrolysis) is 2. The summed E-state index contributed by atoms with van der Waals surface area (Å²) < 4.78 is 9.48. The maximum atomic E-state index is 13.6. The third kappa shape index (κ3) is 8.00. The number of rotatable bonds is 11. The standard InChI is InChI=1S/C40H51N9O7/c1-21(2)32(46-39(53)55-5)37(51)48-17-7-9-29(48)35-42-19-27(44-35)24-13-11-23(12-14-24)25-15-16-26(34(50)31(25)41)28-20-43-36(45-28)30-10-8-18-49(30)38(52)33(22(3)4)47-40(54)56-6/h11-16,19-22,29-30,32-33,50H,7-10,17-18,41H2,1-6H3,(H,42,44)(H,43,45)(H,46,53)(H,47,54). The van der Waals surface area contributed by atoms with Gasteiger partial charge in [-0.25, -0.2) is 19.6 Å². The maximum absolute atomic E-state index is 13.6. The van der Waals surface area contributed by atoms with E-state index in [0.29, 0.717) is 48.0 Å². The number of aromatic hydroxyl groups is 1. The van der Waals surface area contributed by atoms with E-state index in [0.717, 1.165) is 36.1 Å². The minimum absolute atomic E-state index is 0.0985. The summed E-state index contributed by atoms with van der Waals surface area (Å²) in [7, 11) is 2.54. The topological polar surface area (TPSA) is 221 Å². The number of amides is 4. The molecule has 4 aromatic rings. The van der Waals surface area contributed by atoms with Gasteiger partial charge in [0.05, 0.1) is 55.8 Å². The summed E-state index contributed by atoms with van der Waals surface area (Å²) in [6.07, 6.45) is 5.08. The number of methoxy groups -OCH3 is 2. The zero-order chi connectivity index (χ0) is 40.3. The first kappa shape index (κ1) is 39.6. The van der Waals surface area contributed by atoms with Crippen LogP contribution in [0.3, 0.4) is 0 Å². The number of anilines is 1. The number of likely N-dealkylation sites (tertiary alicyclic amines) is 2. The van der Waals surface area contributed by atoms with Crippen LogP contribution in [-0.2, 0) is 19.1 Å². The van der Waals surface area contributed by atoms with E-state index in [1.165, 1.54) is 14.2 Å². The van der Waals surface area contributed by atoms with Crippen LogP contribution in [0.5, 0.6) is 5.75 Å². The molecule has 16 nitrogen and oxygen atoms in total. The van der Waals surface area contributed by atoms with Crippen molar-refractivity contribution >= 4 is 29.7 Å². The van der Waals surface area contributed by atoms with Crippen LogP contribution in [0, 0.1) is 11.8 Å². The van der Waals surface area contributed by atoms with E-state index in [4.69, 9.17) is 15.2 Å². The highest BCUT2D eigenvalue weighted by molar-refractivity contribution is 5.89. The molecule has 2 aliphatic heterocycles. The molecule has 4 unspecified atom stereocenters. The van der Waals surface area contributed by atoms with Gasteiger partial charge >= 0.3 is 12.2 Å². The fourth-order valence-corrected chi connectivity index (χ4v) is 7.59. The Morgan fingerprint density at radius 1 is 0.732 bits per heavy atom. The molecule has 298 valence electrons. The van der Waals surface area contributed by atoms with Crippen LogP contribution in [0.1, 0.15) is 77.1 Å². The van der Waals surface area contributed by atoms with Crippen molar-refractivity contribution in [2.75, 3.05) is 33.0 Å². The van der Waals surface area contributed by atoms with Crippen molar-refractivity contribution in [3.8, 4) is 39.4 Å². The Hall–Kier alpha value is -6.06. The highest BCUT2D eigenvalue weighted by Crippen LogP contribution is 2.41. The predicted molar refractivity (Wildman–Crippen MR) is 209 cm³/mol. The lowest BCUT2D eigenvalue weighted by Crippen LogP contribution is -2.51. The van der Waals surface area contributed by atoms with Gasteiger partial charge in [-0.1, -0.05) is 58.0 Å². The van der Waals surface area contributed by atoms with Crippen LogP contribution in [0.15, 0.2) is 48.8 Å². The number of hydrogen-bond donors (Lipinski definition) is 6. The molecule has 6 rings (SSSR count). The molecule has 2 saturated heterocycles. The number of nitrogen functional groups attached to an aromatic ring is 1. The van der Waals surface area contributed by atoms with Gasteiger partial charge in [-0.15, -0.1) is 0 Å². The van der Waals surface area contributed by atoms with Crippen LogP contribution in [0.25, 0.3) is 33.6 Å². The fraction of sp³-hybridized carbons (Fsp3) is 0.450. The van der Waals surface area contributed by atoms with E-state index in [2.05, 4.69) is 30.6 Å². The highest BCUT2D eigenvalue weighted by Gasteiger charge is 2.39. The summed E-state index contributed by atoms with van der Waals surface area (Å²) in [6.45, 7) is 8.57. The van der Waals surface area contributed by atoms with E-state index >= 15 is 0 Å². The minimum atomic E-state index is -0.748. The number of H-pyrrole nitrogens is 2. The maximum Gasteiger partial charge on any atom is 0.407 e. The SMILES string of the molecule is COC(=O)NC(C(=O)N1CCCC1c1ncc(-c2ccc(-c3ccc(-c4cnc(C5CCCN5C(=O)C(NC(=O)OC)C(C)C)[nH]4)c(O)c3N)cc2)[nH]1)C(C)C. The molecule has 56 heavy (non-hydrogen) atoms. The van der Waals surface area contributed by atoms with Crippen LogP contribution in [-0.4, -0.2) is 98.2 Å². The Morgan fingerprint density at radius 3 is 1.66 bits per heavy atom. The summed E-state index contributed by atoms with van der Waals surface area (Å²) in [5.74, 6) is 0.483. The second kappa shape index (κ2) is 16.8. The van der Waals surface area contributed by atoms with Crippen molar-refractivity contribution in [3.05, 3.63) is 60.4 Å². The Balaban J connectivity index is 1.16. The summed E-state index contributed by atoms with van der Waals surface area (Å²) in [6, 6.07) is 9.27. The molecule has 0 radical (unpaired) electrons. The normalized spacial score (nSPS) is 17.9. The molecule has 2 aliphatic rings. The smallest absolute Gasteiger partial charge is 0.407 e. The fourth-order valence-electron chi connectivity index (χ4n) is 7.59. The van der Waals surface area contributed by atoms with Crippen molar-refractivity contribution in [1.82, 2.24) is 40.4 Å². The van der Waals surface area contributed by atoms with Gasteiger partial charge in [0.1, 0.15) is 29.5 Å². The van der Waals surface area contributed by atoms with Crippen LogP contribution in [0.2, 0.25) is 0 Å². The largest absolute Gasteiger partial charge is 0.505 e. The molecule has 4 atom stereocenters. The summed E-state index contributed by atoms with van der Waals surface area (Å²) in [5.41, 5.74) is 10.8. The van der Waals surface area contributed by atoms with Gasteiger partial charge < -0.3 is 50.7 Å². The van der Waals surface area contributed by atoms with Gasteiger partial charge in [0.15, 0.2) is 0 Å². The van der Waals surface area contributed by atoms with Crippen LogP contribution < -0.4 is 16.4 Å². The lowest BCUT2D eigenvalue weighted by atomic mass is 9.98. The number of carbonyl (C=O) groups is 4. The number of hydrogen-bond acceptors (Lipinski definition) is 10. The van der Waals surface area contributed by atoms with E-state index < -0.39 is 24.3 Å². The number of ether oxygens (including phenoxy) is 2. The molecule has 0 aliphatic carbocycles. The van der Waals surface area contributed by atoms with Crippen molar-refractivity contribution in [3.63, 3.8) is 0 Å². The highest BCUT2D eigenvalue weighted by atomic mass is 16.5. The Bertz CT molecular complexity index is 2060. The zero-order valence-corrected chi connectivity index (χ0v) is 32.6. The average Bonchev–Trinajstić information content (AvgIpc) is 4.03. The molecule has 2 fully saturated rings. The molecule has 7 N–H and O–H groups in total. The lowest BCUT2D eigenvalue weighted by molar-refractivity contribution is -0.136. The summed E-state index contributed by atoms with van der Waals surface area (Å²) >= 11 is 0. The number of phenolic OH excluding ortho intramolecular Hbond substituents is 1. The number of aromatic amines is 2. The number of benzene rings is 2. The molecule has 16 heteroatoms. The van der Waals surface area contributed by atoms with Gasteiger partial charge in [-0.2, -0.15) is 0 Å². The Labute approximate surface area is 325 Å². The number of nitrogens with two attached hydrogens (primary N) is 1. The van der Waals surface area contributed by atoms with Gasteiger partial charge in [-0.3, -0.25) is 9.59 Å². The van der Waals surface area contributed by atoms with E-state index in [-0.39, 0.29) is 47.2 Å². The number of nitrogens with one attached hydrogen (secondary N) is 4. The predicted octanol–water partition coefficient (Wildman–Crippen LogP) is 5.51. The quantitative estimate of drug-likeness (QED) is 0.0830. The third-order valence-corrected chi connectivity index (χ3v) is 10.7. The monoisotopic (exact) mass is 769 g/mol. The van der Waals surface area contributed by atoms with Gasteiger partial charge in [-0.05, 0) is 54.7 Å². The number of aromatic nitrogens is 4. The van der Waals surface area contributed by atoms with E-state index in [1.54, 1.807) is 28.3 Å². The first-order valence-electron chi connectivity index (χ1n) is 18.9. The van der Waals surface area contributed by atoms with Crippen molar-refractivity contribution in [1.29, 1.82) is 0 Å². The van der Waals surface area contributed by atoms with Gasteiger partial charge in [0.2, 0.25) is 11.8 Å². The summed E-state index contributed by atoms with van der Waals surface area (Å²) in [4.78, 5) is 70.4. The number of carbonyl (C=O) groups excluding carboxylic acids is 4. The van der Waals surface area contributed by atoms with E-state index in [9.17, 15) is 24.3 Å². The lowest BCUT2D eigenvalue weighted by Gasteiger charge is -2.30. The molecular weight excluding hydrogens is 718 g/mol. The Morgan fingerprint density at radius 2 is 1.18 bits per heavy atom.